The number of quaternary nitrogens is 1. The molecule has 0 amide bonds. The van der Waals surface area contributed by atoms with Gasteiger partial charge < -0.3 is 4.90 Å². The Balaban J connectivity index is 3.37. The van der Waals surface area contributed by atoms with Gasteiger partial charge in [-0.15, -0.1) is 0 Å². The minimum Gasteiger partial charge on any atom is -0.331 e. The summed E-state index contributed by atoms with van der Waals surface area (Å²) >= 11 is 0. The molecule has 0 aliphatic heterocycles. The third kappa shape index (κ3) is 5.31. The standard InChI is InChI=1S/C8H15N/c1-5-6-9(4)7-8(2)3/h5H,1-2,6-7H2,3-4H3/p+1. The van der Waals surface area contributed by atoms with Crippen molar-refractivity contribution in [3.8, 4) is 0 Å². The molecular formula is C8H16N+. The molecule has 1 unspecified atom stereocenters. The molecule has 0 fully saturated rings. The Morgan fingerprint density at radius 2 is 2.22 bits per heavy atom. The largest absolute Gasteiger partial charge is 0.331 e. The highest BCUT2D eigenvalue weighted by molar-refractivity contribution is 4.86. The van der Waals surface area contributed by atoms with E-state index in [-0.39, 0.29) is 0 Å². The lowest BCUT2D eigenvalue weighted by Gasteiger charge is -2.09. The van der Waals surface area contributed by atoms with E-state index in [0.717, 1.165) is 13.1 Å². The van der Waals surface area contributed by atoms with Crippen molar-refractivity contribution in [1.29, 1.82) is 0 Å². The topological polar surface area (TPSA) is 4.44 Å². The molecule has 9 heavy (non-hydrogen) atoms. The summed E-state index contributed by atoms with van der Waals surface area (Å²) in [6.07, 6.45) is 1.93. The van der Waals surface area contributed by atoms with Gasteiger partial charge in [0.1, 0.15) is 0 Å². The Kier molecular flexibility index (Phi) is 4.06. The van der Waals surface area contributed by atoms with Crippen LogP contribution in [0.2, 0.25) is 0 Å². The normalized spacial score (nSPS) is 12.7. The highest BCUT2D eigenvalue weighted by Gasteiger charge is 1.95. The first-order valence-electron chi connectivity index (χ1n) is 3.23. The maximum Gasteiger partial charge on any atom is 0.0982 e. The molecule has 0 aromatic carbocycles. The van der Waals surface area contributed by atoms with Gasteiger partial charge in [0.15, 0.2) is 0 Å². The molecule has 1 nitrogen and oxygen atoms in total. The molecule has 1 atom stereocenters. The summed E-state index contributed by atoms with van der Waals surface area (Å²) < 4.78 is 0. The molecule has 0 aromatic rings. The maximum atomic E-state index is 3.82. The third-order valence-electron chi connectivity index (χ3n) is 1.10. The molecule has 0 bridgehead atoms. The van der Waals surface area contributed by atoms with Crippen molar-refractivity contribution in [2.24, 2.45) is 0 Å². The molecule has 0 radical (unpaired) electrons. The predicted molar refractivity (Wildman–Crippen MR) is 41.6 cm³/mol. The Morgan fingerprint density at radius 1 is 1.67 bits per heavy atom. The van der Waals surface area contributed by atoms with E-state index < -0.39 is 0 Å². The molecule has 1 heteroatoms. The average molecular weight is 126 g/mol. The molecule has 0 saturated carbocycles. The predicted octanol–water partition coefficient (Wildman–Crippen LogP) is 0.263. The van der Waals surface area contributed by atoms with Crippen LogP contribution in [0.5, 0.6) is 0 Å². The Hall–Kier alpha value is -0.560. The van der Waals surface area contributed by atoms with Gasteiger partial charge in [0.2, 0.25) is 0 Å². The van der Waals surface area contributed by atoms with Crippen molar-refractivity contribution in [1.82, 2.24) is 0 Å². The fourth-order valence-corrected chi connectivity index (χ4v) is 0.834. The smallest absolute Gasteiger partial charge is 0.0982 e. The van der Waals surface area contributed by atoms with E-state index in [4.69, 9.17) is 0 Å². The minimum atomic E-state index is 1.02. The van der Waals surface area contributed by atoms with Crippen molar-refractivity contribution in [3.63, 3.8) is 0 Å². The first-order chi connectivity index (χ1) is 4.16. The van der Waals surface area contributed by atoms with Crippen molar-refractivity contribution in [2.45, 2.75) is 6.92 Å². The van der Waals surface area contributed by atoms with E-state index in [1.807, 2.05) is 13.0 Å². The molecule has 0 heterocycles. The second-order valence-electron chi connectivity index (χ2n) is 2.58. The van der Waals surface area contributed by atoms with Crippen LogP contribution < -0.4 is 4.90 Å². The summed E-state index contributed by atoms with van der Waals surface area (Å²) in [7, 11) is 2.14. The Bertz CT molecular complexity index is 105. The van der Waals surface area contributed by atoms with Crippen LogP contribution >= 0.6 is 0 Å². The average Bonchev–Trinajstić information content (AvgIpc) is 1.63. The van der Waals surface area contributed by atoms with Crippen molar-refractivity contribution < 1.29 is 4.90 Å². The van der Waals surface area contributed by atoms with Gasteiger partial charge in [-0.05, 0) is 18.6 Å². The monoisotopic (exact) mass is 126 g/mol. The van der Waals surface area contributed by atoms with Crippen LogP contribution in [0.4, 0.5) is 0 Å². The molecule has 1 N–H and O–H groups in total. The number of likely N-dealkylation sites (N-methyl/N-ethyl adjacent to an activating group) is 1. The second-order valence-corrected chi connectivity index (χ2v) is 2.58. The SMILES string of the molecule is C=CC[NH+](C)CC(=C)C. The highest BCUT2D eigenvalue weighted by Crippen LogP contribution is 1.75. The van der Waals surface area contributed by atoms with E-state index in [2.05, 4.69) is 20.2 Å². The van der Waals surface area contributed by atoms with Gasteiger partial charge in [-0.2, -0.15) is 0 Å². The number of rotatable bonds is 4. The molecule has 0 aliphatic carbocycles. The minimum absolute atomic E-state index is 1.02. The van der Waals surface area contributed by atoms with Gasteiger partial charge >= 0.3 is 0 Å². The fraction of sp³-hybridized carbons (Fsp3) is 0.500. The van der Waals surface area contributed by atoms with Gasteiger partial charge in [-0.25, -0.2) is 0 Å². The van der Waals surface area contributed by atoms with Crippen molar-refractivity contribution >= 4 is 0 Å². The first-order valence-corrected chi connectivity index (χ1v) is 3.23. The maximum absolute atomic E-state index is 3.82. The second kappa shape index (κ2) is 4.33. The third-order valence-corrected chi connectivity index (χ3v) is 1.10. The van der Waals surface area contributed by atoms with Gasteiger partial charge in [0.25, 0.3) is 0 Å². The van der Waals surface area contributed by atoms with E-state index in [0.29, 0.717) is 0 Å². The summed E-state index contributed by atoms with van der Waals surface area (Å²) in [6.45, 7) is 11.6. The van der Waals surface area contributed by atoms with Crippen LogP contribution in [0.15, 0.2) is 24.8 Å². The molecule has 0 saturated heterocycles. The van der Waals surface area contributed by atoms with E-state index in [1.165, 1.54) is 10.5 Å². The van der Waals surface area contributed by atoms with E-state index in [1.54, 1.807) is 0 Å². The molecule has 0 rings (SSSR count). The number of hydrogen-bond acceptors (Lipinski definition) is 0. The van der Waals surface area contributed by atoms with E-state index >= 15 is 0 Å². The van der Waals surface area contributed by atoms with Crippen LogP contribution in [0.3, 0.4) is 0 Å². The van der Waals surface area contributed by atoms with Crippen LogP contribution in [0, 0.1) is 0 Å². The summed E-state index contributed by atoms with van der Waals surface area (Å²) in [5.41, 5.74) is 1.23. The quantitative estimate of drug-likeness (QED) is 0.515. The summed E-state index contributed by atoms with van der Waals surface area (Å²) in [6, 6.07) is 0. The van der Waals surface area contributed by atoms with E-state index in [9.17, 15) is 0 Å². The van der Waals surface area contributed by atoms with Crippen LogP contribution in [-0.2, 0) is 0 Å². The van der Waals surface area contributed by atoms with Crippen molar-refractivity contribution in [2.75, 3.05) is 20.1 Å². The summed E-state index contributed by atoms with van der Waals surface area (Å²) in [5, 5.41) is 0. The first kappa shape index (κ1) is 8.44. The fourth-order valence-electron chi connectivity index (χ4n) is 0.834. The van der Waals surface area contributed by atoms with Crippen LogP contribution in [-0.4, -0.2) is 20.1 Å². The van der Waals surface area contributed by atoms with Crippen molar-refractivity contribution in [3.05, 3.63) is 24.8 Å². The zero-order valence-corrected chi connectivity index (χ0v) is 6.41. The lowest BCUT2D eigenvalue weighted by molar-refractivity contribution is -0.868. The molecule has 52 valence electrons. The summed E-state index contributed by atoms with van der Waals surface area (Å²) in [5.74, 6) is 0. The summed E-state index contributed by atoms with van der Waals surface area (Å²) in [4.78, 5) is 1.44. The van der Waals surface area contributed by atoms with Gasteiger partial charge in [-0.1, -0.05) is 13.2 Å². The molecule has 0 aromatic heterocycles. The van der Waals surface area contributed by atoms with Crippen LogP contribution in [0.1, 0.15) is 6.92 Å². The Morgan fingerprint density at radius 3 is 2.56 bits per heavy atom. The lowest BCUT2D eigenvalue weighted by Crippen LogP contribution is -3.08. The Labute approximate surface area is 57.7 Å². The van der Waals surface area contributed by atoms with Gasteiger partial charge in [0.05, 0.1) is 20.1 Å². The van der Waals surface area contributed by atoms with Crippen LogP contribution in [0.25, 0.3) is 0 Å². The van der Waals surface area contributed by atoms with Gasteiger partial charge in [-0.3, -0.25) is 0 Å². The number of nitrogens with one attached hydrogen (secondary N) is 1. The molecule has 0 spiro atoms. The zero-order chi connectivity index (χ0) is 7.28. The molecule has 0 aliphatic rings. The highest BCUT2D eigenvalue weighted by atomic mass is 15.1. The molecular weight excluding hydrogens is 110 g/mol. The van der Waals surface area contributed by atoms with Gasteiger partial charge in [0, 0.05) is 0 Å². The number of hydrogen-bond donors (Lipinski definition) is 1. The zero-order valence-electron chi connectivity index (χ0n) is 6.41. The lowest BCUT2D eigenvalue weighted by atomic mass is 10.3.